The van der Waals surface area contributed by atoms with Crippen molar-refractivity contribution in [3.8, 4) is 0 Å². The van der Waals surface area contributed by atoms with E-state index in [0.29, 0.717) is 0 Å². The highest BCUT2D eigenvalue weighted by molar-refractivity contribution is 5.25. The van der Waals surface area contributed by atoms with E-state index in [1.165, 1.54) is 45.3 Å². The zero-order valence-electron chi connectivity index (χ0n) is 10.5. The van der Waals surface area contributed by atoms with Crippen LogP contribution in [0.5, 0.6) is 0 Å². The minimum Gasteiger partial charge on any atom is -0.313 e. The fraction of sp³-hybridized carbons (Fsp3) is 0.714. The maximum atomic E-state index is 3.40. The molecule has 0 radical (unpaired) electrons. The lowest BCUT2D eigenvalue weighted by atomic mass is 9.98. The van der Waals surface area contributed by atoms with E-state index < -0.39 is 0 Å². The fourth-order valence-corrected chi connectivity index (χ4v) is 2.52. The van der Waals surface area contributed by atoms with Gasteiger partial charge in [-0.1, -0.05) is 30.2 Å². The highest BCUT2D eigenvalue weighted by Gasteiger charge is 2.14. The Bertz CT molecular complexity index is 272. The van der Waals surface area contributed by atoms with Gasteiger partial charge in [-0.05, 0) is 45.3 Å². The van der Waals surface area contributed by atoms with Crippen LogP contribution in [0.1, 0.15) is 32.6 Å². The predicted molar refractivity (Wildman–Crippen MR) is 69.6 cm³/mol. The molecule has 2 nitrogen and oxygen atoms in total. The van der Waals surface area contributed by atoms with Gasteiger partial charge in [-0.2, -0.15) is 0 Å². The molecular weight excluding hydrogens is 196 g/mol. The number of likely N-dealkylation sites (N-methyl/N-ethyl adjacent to an activating group) is 1. The summed E-state index contributed by atoms with van der Waals surface area (Å²) in [6.45, 7) is 8.14. The van der Waals surface area contributed by atoms with E-state index in [9.17, 15) is 0 Å². The Hall–Kier alpha value is -0.600. The zero-order valence-corrected chi connectivity index (χ0v) is 10.5. The van der Waals surface area contributed by atoms with Crippen LogP contribution in [0.2, 0.25) is 0 Å². The summed E-state index contributed by atoms with van der Waals surface area (Å²) in [6.07, 6.45) is 10.0. The van der Waals surface area contributed by atoms with Crippen LogP contribution in [0.3, 0.4) is 0 Å². The third kappa shape index (κ3) is 3.46. The van der Waals surface area contributed by atoms with Crippen molar-refractivity contribution in [3.63, 3.8) is 0 Å². The first-order chi connectivity index (χ1) is 7.88. The van der Waals surface area contributed by atoms with Crippen LogP contribution in [-0.4, -0.2) is 37.6 Å². The van der Waals surface area contributed by atoms with Crippen molar-refractivity contribution in [3.05, 3.63) is 23.3 Å². The molecule has 0 saturated carbocycles. The predicted octanol–water partition coefficient (Wildman–Crippen LogP) is 2.34. The first-order valence-electron chi connectivity index (χ1n) is 6.69. The smallest absolute Gasteiger partial charge is 0.0196 e. The number of hydrogen-bond acceptors (Lipinski definition) is 2. The first-order valence-corrected chi connectivity index (χ1v) is 6.69. The van der Waals surface area contributed by atoms with Crippen molar-refractivity contribution in [2.75, 3.05) is 32.7 Å². The van der Waals surface area contributed by atoms with Crippen LogP contribution in [0.4, 0.5) is 0 Å². The summed E-state index contributed by atoms with van der Waals surface area (Å²) in [5.41, 5.74) is 3.19. The van der Waals surface area contributed by atoms with Gasteiger partial charge in [-0.15, -0.1) is 0 Å². The Balaban J connectivity index is 1.79. The van der Waals surface area contributed by atoms with Gasteiger partial charge in [-0.3, -0.25) is 4.90 Å². The molecule has 0 spiro atoms. The molecule has 16 heavy (non-hydrogen) atoms. The van der Waals surface area contributed by atoms with Crippen molar-refractivity contribution in [1.82, 2.24) is 10.2 Å². The van der Waals surface area contributed by atoms with Crippen molar-refractivity contribution >= 4 is 0 Å². The first kappa shape index (κ1) is 11.9. The monoisotopic (exact) mass is 220 g/mol. The van der Waals surface area contributed by atoms with Crippen LogP contribution in [0, 0.1) is 0 Å². The fourth-order valence-electron chi connectivity index (χ4n) is 2.52. The molecule has 1 aliphatic carbocycles. The van der Waals surface area contributed by atoms with E-state index in [1.807, 2.05) is 0 Å². The second kappa shape index (κ2) is 6.21. The Morgan fingerprint density at radius 3 is 2.44 bits per heavy atom. The molecule has 0 atom stereocenters. The molecule has 0 aromatic carbocycles. The molecular formula is C14H24N2. The third-order valence-electron chi connectivity index (χ3n) is 3.55. The highest BCUT2D eigenvalue weighted by atomic mass is 15.1. The normalized spacial score (nSPS) is 22.1. The van der Waals surface area contributed by atoms with Crippen LogP contribution in [0.15, 0.2) is 23.3 Å². The van der Waals surface area contributed by atoms with Crippen molar-refractivity contribution in [1.29, 1.82) is 0 Å². The van der Waals surface area contributed by atoms with Crippen molar-refractivity contribution in [2.45, 2.75) is 32.6 Å². The Morgan fingerprint density at radius 1 is 1.12 bits per heavy atom. The van der Waals surface area contributed by atoms with Gasteiger partial charge >= 0.3 is 0 Å². The molecule has 2 aliphatic rings. The summed E-state index contributed by atoms with van der Waals surface area (Å²) in [5, 5.41) is 3.40. The van der Waals surface area contributed by atoms with Gasteiger partial charge in [-0.25, -0.2) is 0 Å². The summed E-state index contributed by atoms with van der Waals surface area (Å²) in [7, 11) is 0. The maximum Gasteiger partial charge on any atom is 0.0196 e. The molecule has 2 heteroatoms. The molecule has 1 N–H and O–H groups in total. The summed E-state index contributed by atoms with van der Waals surface area (Å²) >= 11 is 0. The van der Waals surface area contributed by atoms with E-state index >= 15 is 0 Å². The summed E-state index contributed by atoms with van der Waals surface area (Å²) in [5.74, 6) is 0. The van der Waals surface area contributed by atoms with Crippen molar-refractivity contribution < 1.29 is 0 Å². The molecule has 2 rings (SSSR count). The minimum atomic E-state index is 1.07. The zero-order chi connectivity index (χ0) is 11.2. The number of likely N-dealkylation sites (tertiary alicyclic amines) is 1. The lowest BCUT2D eigenvalue weighted by Gasteiger charge is -2.20. The highest BCUT2D eigenvalue weighted by Crippen LogP contribution is 2.20. The second-order valence-corrected chi connectivity index (χ2v) is 4.91. The third-order valence-corrected chi connectivity index (χ3v) is 3.55. The van der Waals surface area contributed by atoms with Crippen LogP contribution < -0.4 is 5.32 Å². The van der Waals surface area contributed by atoms with Gasteiger partial charge in [0.05, 0.1) is 0 Å². The van der Waals surface area contributed by atoms with Gasteiger partial charge in [0.25, 0.3) is 0 Å². The molecule has 0 aromatic rings. The molecule has 90 valence electrons. The topological polar surface area (TPSA) is 15.3 Å². The Morgan fingerprint density at radius 2 is 1.81 bits per heavy atom. The maximum absolute atomic E-state index is 3.40. The molecule has 1 saturated heterocycles. The van der Waals surface area contributed by atoms with Gasteiger partial charge < -0.3 is 5.32 Å². The van der Waals surface area contributed by atoms with E-state index in [0.717, 1.165) is 13.1 Å². The average molecular weight is 220 g/mol. The summed E-state index contributed by atoms with van der Waals surface area (Å²) < 4.78 is 0. The van der Waals surface area contributed by atoms with E-state index in [-0.39, 0.29) is 0 Å². The molecule has 1 fully saturated rings. The second-order valence-electron chi connectivity index (χ2n) is 4.91. The van der Waals surface area contributed by atoms with Gasteiger partial charge in [0.2, 0.25) is 0 Å². The standard InChI is InChI=1S/C14H24N2/c1-2-15-11-13-5-7-14(8-6-13)12-16-9-3-4-10-16/h5,7,15H,2-4,6,8-12H2,1H3. The average Bonchev–Trinajstić information content (AvgIpc) is 2.81. The molecule has 0 amide bonds. The molecule has 1 aliphatic heterocycles. The minimum absolute atomic E-state index is 1.07. The van der Waals surface area contributed by atoms with Crippen molar-refractivity contribution in [2.24, 2.45) is 0 Å². The Kier molecular flexibility index (Phi) is 4.61. The summed E-state index contributed by atoms with van der Waals surface area (Å²) in [4.78, 5) is 2.59. The number of rotatable bonds is 5. The quantitative estimate of drug-likeness (QED) is 0.765. The lowest BCUT2D eigenvalue weighted by molar-refractivity contribution is 0.364. The SMILES string of the molecule is CCNCC1=CC=C(CN2CCCC2)CC1. The largest absolute Gasteiger partial charge is 0.313 e. The van der Waals surface area contributed by atoms with E-state index in [2.05, 4.69) is 29.3 Å². The molecule has 0 aromatic heterocycles. The van der Waals surface area contributed by atoms with Crippen LogP contribution >= 0.6 is 0 Å². The van der Waals surface area contributed by atoms with Crippen LogP contribution in [0.25, 0.3) is 0 Å². The Labute approximate surface area is 99.4 Å². The van der Waals surface area contributed by atoms with Gasteiger partial charge in [0.15, 0.2) is 0 Å². The van der Waals surface area contributed by atoms with E-state index in [1.54, 1.807) is 11.1 Å². The number of nitrogens with one attached hydrogen (secondary N) is 1. The number of nitrogens with zero attached hydrogens (tertiary/aromatic N) is 1. The van der Waals surface area contributed by atoms with Gasteiger partial charge in [0.1, 0.15) is 0 Å². The van der Waals surface area contributed by atoms with E-state index in [4.69, 9.17) is 0 Å². The molecule has 1 heterocycles. The summed E-state index contributed by atoms with van der Waals surface area (Å²) in [6, 6.07) is 0. The molecule has 0 unspecified atom stereocenters. The number of allylic oxidation sites excluding steroid dienone is 2. The lowest BCUT2D eigenvalue weighted by Crippen LogP contribution is -2.23. The van der Waals surface area contributed by atoms with Crippen LogP contribution in [-0.2, 0) is 0 Å². The molecule has 0 bridgehead atoms. The van der Waals surface area contributed by atoms with Gasteiger partial charge in [0, 0.05) is 13.1 Å². The number of hydrogen-bond donors (Lipinski definition) is 1.